The minimum Gasteiger partial charge on any atom is -0.379 e. The van der Waals surface area contributed by atoms with Crippen molar-refractivity contribution in [1.29, 1.82) is 0 Å². The smallest absolute Gasteiger partial charge is 0.191 e. The molecule has 2 aromatic rings. The molecule has 3 rings (SSSR count). The molecule has 0 amide bonds. The molecule has 0 atom stereocenters. The minimum atomic E-state index is 0.461. The second kappa shape index (κ2) is 11.7. The Balaban J connectivity index is 1.52. The lowest BCUT2D eigenvalue weighted by Gasteiger charge is -2.27. The van der Waals surface area contributed by atoms with E-state index in [9.17, 15) is 0 Å². The zero-order chi connectivity index (χ0) is 21.2. The molecule has 7 nitrogen and oxygen atoms in total. The van der Waals surface area contributed by atoms with Crippen molar-refractivity contribution in [2.75, 3.05) is 33.4 Å². The van der Waals surface area contributed by atoms with Gasteiger partial charge in [0, 0.05) is 45.2 Å². The zero-order valence-electron chi connectivity index (χ0n) is 18.5. The van der Waals surface area contributed by atoms with E-state index < -0.39 is 0 Å². The standard InChI is InChI=1S/C23H35N5O2/c1-4-18(5-2)22-14-21(30-27-22)16-26-23(24-3)25-15-19-8-6-7-9-20(19)17-28-10-12-29-13-11-28/h6-9,14,18H,4-5,10-13,15-17H2,1-3H3,(H2,24,25,26). The van der Waals surface area contributed by atoms with Gasteiger partial charge in [-0.15, -0.1) is 0 Å². The Morgan fingerprint density at radius 3 is 2.50 bits per heavy atom. The predicted molar refractivity (Wildman–Crippen MR) is 119 cm³/mol. The molecule has 1 saturated heterocycles. The second-order valence-electron chi connectivity index (χ2n) is 7.67. The minimum absolute atomic E-state index is 0.461. The van der Waals surface area contributed by atoms with E-state index in [1.54, 1.807) is 7.05 Å². The van der Waals surface area contributed by atoms with E-state index in [0.29, 0.717) is 12.5 Å². The number of morpholine rings is 1. The van der Waals surface area contributed by atoms with Crippen molar-refractivity contribution in [3.63, 3.8) is 0 Å². The number of guanidine groups is 1. The molecule has 7 heteroatoms. The number of nitrogens with zero attached hydrogens (tertiary/aromatic N) is 3. The second-order valence-corrected chi connectivity index (χ2v) is 7.67. The molecule has 1 aromatic carbocycles. The van der Waals surface area contributed by atoms with Gasteiger partial charge in [-0.1, -0.05) is 43.3 Å². The fourth-order valence-corrected chi connectivity index (χ4v) is 3.77. The molecular formula is C23H35N5O2. The quantitative estimate of drug-likeness (QED) is 0.485. The number of ether oxygens (including phenoxy) is 1. The molecule has 1 aliphatic heterocycles. The maximum Gasteiger partial charge on any atom is 0.191 e. The largest absolute Gasteiger partial charge is 0.379 e. The highest BCUT2D eigenvalue weighted by Crippen LogP contribution is 2.22. The third kappa shape index (κ3) is 6.31. The summed E-state index contributed by atoms with van der Waals surface area (Å²) >= 11 is 0. The Labute approximate surface area is 179 Å². The highest BCUT2D eigenvalue weighted by atomic mass is 16.5. The highest BCUT2D eigenvalue weighted by molar-refractivity contribution is 5.79. The first-order valence-corrected chi connectivity index (χ1v) is 11.0. The van der Waals surface area contributed by atoms with E-state index >= 15 is 0 Å². The molecule has 0 aliphatic carbocycles. The number of aliphatic imine (C=N–C) groups is 1. The van der Waals surface area contributed by atoms with Crippen molar-refractivity contribution in [1.82, 2.24) is 20.7 Å². The summed E-state index contributed by atoms with van der Waals surface area (Å²) in [7, 11) is 1.78. The van der Waals surface area contributed by atoms with Gasteiger partial charge < -0.3 is 19.9 Å². The Morgan fingerprint density at radius 2 is 1.80 bits per heavy atom. The normalized spacial score (nSPS) is 15.5. The molecule has 0 saturated carbocycles. The van der Waals surface area contributed by atoms with Crippen LogP contribution < -0.4 is 10.6 Å². The van der Waals surface area contributed by atoms with E-state index in [0.717, 1.165) is 69.6 Å². The summed E-state index contributed by atoms with van der Waals surface area (Å²) in [5, 5.41) is 11.0. The molecule has 0 unspecified atom stereocenters. The van der Waals surface area contributed by atoms with Gasteiger partial charge in [0.15, 0.2) is 11.7 Å². The topological polar surface area (TPSA) is 74.9 Å². The third-order valence-corrected chi connectivity index (χ3v) is 5.70. The van der Waals surface area contributed by atoms with E-state index in [1.165, 1.54) is 11.1 Å². The van der Waals surface area contributed by atoms with Crippen molar-refractivity contribution < 1.29 is 9.26 Å². The Kier molecular flexibility index (Phi) is 8.71. The molecular weight excluding hydrogens is 378 g/mol. The Hall–Kier alpha value is -2.38. The Bertz CT molecular complexity index is 794. The fraction of sp³-hybridized carbons (Fsp3) is 0.565. The van der Waals surface area contributed by atoms with E-state index in [1.807, 2.05) is 0 Å². The average molecular weight is 414 g/mol. The predicted octanol–water partition coefficient (Wildman–Crippen LogP) is 3.28. The van der Waals surface area contributed by atoms with Crippen molar-refractivity contribution in [3.8, 4) is 0 Å². The number of hydrogen-bond donors (Lipinski definition) is 2. The molecule has 30 heavy (non-hydrogen) atoms. The number of hydrogen-bond acceptors (Lipinski definition) is 5. The lowest BCUT2D eigenvalue weighted by Crippen LogP contribution is -2.37. The van der Waals surface area contributed by atoms with Crippen molar-refractivity contribution >= 4 is 5.96 Å². The van der Waals surface area contributed by atoms with E-state index in [4.69, 9.17) is 9.26 Å². The summed E-state index contributed by atoms with van der Waals surface area (Å²) in [6.45, 7) is 10.2. The van der Waals surface area contributed by atoms with Crippen LogP contribution in [0.15, 0.2) is 39.8 Å². The number of aromatic nitrogens is 1. The lowest BCUT2D eigenvalue weighted by atomic mass is 9.99. The fourth-order valence-electron chi connectivity index (χ4n) is 3.77. The Morgan fingerprint density at radius 1 is 1.10 bits per heavy atom. The van der Waals surface area contributed by atoms with E-state index in [-0.39, 0.29) is 0 Å². The maximum atomic E-state index is 5.50. The molecule has 164 valence electrons. The monoisotopic (exact) mass is 413 g/mol. The molecule has 0 spiro atoms. The zero-order valence-corrected chi connectivity index (χ0v) is 18.5. The molecule has 1 fully saturated rings. The summed E-state index contributed by atoms with van der Waals surface area (Å²) in [4.78, 5) is 6.78. The van der Waals surface area contributed by atoms with Gasteiger partial charge in [0.05, 0.1) is 25.5 Å². The maximum absolute atomic E-state index is 5.50. The van der Waals surface area contributed by atoms with Crippen molar-refractivity contribution in [2.24, 2.45) is 4.99 Å². The highest BCUT2D eigenvalue weighted by Gasteiger charge is 2.14. The van der Waals surface area contributed by atoms with Crippen LogP contribution in [0.5, 0.6) is 0 Å². The van der Waals surface area contributed by atoms with Gasteiger partial charge >= 0.3 is 0 Å². The molecule has 1 aromatic heterocycles. The number of rotatable bonds is 9. The molecule has 1 aliphatic rings. The SMILES string of the molecule is CCC(CC)c1cc(CNC(=NC)NCc2ccccc2CN2CCOCC2)on1. The van der Waals surface area contributed by atoms with Crippen LogP contribution in [0.3, 0.4) is 0 Å². The van der Waals surface area contributed by atoms with Gasteiger partial charge in [0.1, 0.15) is 0 Å². The van der Waals surface area contributed by atoms with Crippen LogP contribution in [0.25, 0.3) is 0 Å². The number of benzene rings is 1. The lowest BCUT2D eigenvalue weighted by molar-refractivity contribution is 0.0341. The third-order valence-electron chi connectivity index (χ3n) is 5.70. The van der Waals surface area contributed by atoms with Crippen LogP contribution >= 0.6 is 0 Å². The van der Waals surface area contributed by atoms with Gasteiger partial charge in [-0.25, -0.2) is 0 Å². The van der Waals surface area contributed by atoms with Crippen LogP contribution in [0, 0.1) is 0 Å². The first-order valence-electron chi connectivity index (χ1n) is 11.0. The molecule has 0 radical (unpaired) electrons. The van der Waals surface area contributed by atoms with Crippen LogP contribution in [-0.4, -0.2) is 49.4 Å². The van der Waals surface area contributed by atoms with Crippen molar-refractivity contribution in [3.05, 3.63) is 52.9 Å². The van der Waals surface area contributed by atoms with Gasteiger partial charge in [0.2, 0.25) is 0 Å². The van der Waals surface area contributed by atoms with Gasteiger partial charge in [-0.3, -0.25) is 9.89 Å². The van der Waals surface area contributed by atoms with Crippen LogP contribution in [0.4, 0.5) is 0 Å². The van der Waals surface area contributed by atoms with Crippen LogP contribution in [0.1, 0.15) is 55.2 Å². The van der Waals surface area contributed by atoms with Gasteiger partial charge in [0.25, 0.3) is 0 Å². The summed E-state index contributed by atoms with van der Waals surface area (Å²) < 4.78 is 11.0. The van der Waals surface area contributed by atoms with Crippen molar-refractivity contribution in [2.45, 2.75) is 52.2 Å². The van der Waals surface area contributed by atoms with Crippen LogP contribution in [0.2, 0.25) is 0 Å². The summed E-state index contributed by atoms with van der Waals surface area (Å²) in [6, 6.07) is 10.6. The number of nitrogens with one attached hydrogen (secondary N) is 2. The summed E-state index contributed by atoms with van der Waals surface area (Å²) in [5.41, 5.74) is 3.66. The average Bonchev–Trinajstić information content (AvgIpc) is 3.25. The van der Waals surface area contributed by atoms with E-state index in [2.05, 4.69) is 69.9 Å². The van der Waals surface area contributed by atoms with Gasteiger partial charge in [-0.2, -0.15) is 0 Å². The molecule has 2 N–H and O–H groups in total. The molecule has 0 bridgehead atoms. The molecule has 2 heterocycles. The summed E-state index contributed by atoms with van der Waals surface area (Å²) in [6.07, 6.45) is 2.14. The first-order chi connectivity index (χ1) is 14.7. The van der Waals surface area contributed by atoms with Crippen LogP contribution in [-0.2, 0) is 24.4 Å². The first kappa shape index (κ1) is 22.3. The van der Waals surface area contributed by atoms with Gasteiger partial charge in [-0.05, 0) is 24.0 Å². The summed E-state index contributed by atoms with van der Waals surface area (Å²) in [5.74, 6) is 2.03.